The van der Waals surface area contributed by atoms with Gasteiger partial charge in [-0.25, -0.2) is 0 Å². The zero-order chi connectivity index (χ0) is 23.4. The molecule has 1 saturated carbocycles. The Labute approximate surface area is 204 Å². The molecule has 33 heavy (non-hydrogen) atoms. The fraction of sp³-hybridized carbons (Fsp3) is 0.656. The van der Waals surface area contributed by atoms with Crippen molar-refractivity contribution in [3.8, 4) is 6.07 Å². The molecule has 1 fully saturated rings. The zero-order valence-corrected chi connectivity index (χ0v) is 21.5. The standard InChI is InChI=1S/C32H47N/c1-3-5-7-8-9-10-14-21-31(27-33)23-19-30(20-24-31)32(22-6-4-2)25-17-29(18-26-32)28-15-12-11-13-16-28/h11-13,15-18,25,30H,3-10,14,19-24,26H2,1-2H3. The molecular weight excluding hydrogens is 398 g/mol. The summed E-state index contributed by atoms with van der Waals surface area (Å²) >= 11 is 0. The Balaban J connectivity index is 1.56. The van der Waals surface area contributed by atoms with Crippen LogP contribution in [0.1, 0.15) is 122 Å². The van der Waals surface area contributed by atoms with Crippen molar-refractivity contribution in [2.75, 3.05) is 0 Å². The second-order valence-corrected chi connectivity index (χ2v) is 10.9. The SMILES string of the molecule is CCCCCCCCCC1(C#N)CCC(C2(CCCC)C=CC(c3ccccc3)=CC2)CC1. The van der Waals surface area contributed by atoms with Gasteiger partial charge < -0.3 is 0 Å². The number of allylic oxidation sites excluding steroid dienone is 4. The lowest BCUT2D eigenvalue weighted by Crippen LogP contribution is -2.36. The highest BCUT2D eigenvalue weighted by atomic mass is 14.5. The Morgan fingerprint density at radius 2 is 1.52 bits per heavy atom. The van der Waals surface area contributed by atoms with Gasteiger partial charge in [0.25, 0.3) is 0 Å². The van der Waals surface area contributed by atoms with Gasteiger partial charge in [-0.1, -0.05) is 120 Å². The Morgan fingerprint density at radius 1 is 0.848 bits per heavy atom. The molecule has 0 heterocycles. The minimum Gasteiger partial charge on any atom is -0.198 e. The van der Waals surface area contributed by atoms with Crippen molar-refractivity contribution < 1.29 is 0 Å². The van der Waals surface area contributed by atoms with Crippen LogP contribution in [0, 0.1) is 28.1 Å². The highest BCUT2D eigenvalue weighted by Gasteiger charge is 2.43. The van der Waals surface area contributed by atoms with Crippen LogP contribution in [0.25, 0.3) is 5.57 Å². The van der Waals surface area contributed by atoms with Gasteiger partial charge in [-0.15, -0.1) is 0 Å². The van der Waals surface area contributed by atoms with Crippen LogP contribution < -0.4 is 0 Å². The van der Waals surface area contributed by atoms with Crippen molar-refractivity contribution in [1.29, 1.82) is 5.26 Å². The lowest BCUT2D eigenvalue weighted by atomic mass is 9.58. The average Bonchev–Trinajstić information content (AvgIpc) is 2.88. The molecule has 1 aromatic carbocycles. The minimum absolute atomic E-state index is 0.0463. The van der Waals surface area contributed by atoms with Gasteiger partial charge in [0.1, 0.15) is 0 Å². The van der Waals surface area contributed by atoms with E-state index in [0.29, 0.717) is 5.41 Å². The third-order valence-corrected chi connectivity index (χ3v) is 8.65. The van der Waals surface area contributed by atoms with Crippen LogP contribution in [-0.4, -0.2) is 0 Å². The first-order chi connectivity index (χ1) is 16.2. The molecule has 0 aromatic heterocycles. The number of hydrogen-bond donors (Lipinski definition) is 0. The average molecular weight is 446 g/mol. The molecule has 0 bridgehead atoms. The van der Waals surface area contributed by atoms with E-state index in [0.717, 1.165) is 31.6 Å². The molecule has 0 saturated heterocycles. The Bertz CT molecular complexity index is 788. The lowest BCUT2D eigenvalue weighted by Gasteiger charge is -2.45. The molecule has 2 aliphatic carbocycles. The van der Waals surface area contributed by atoms with Gasteiger partial charge in [0, 0.05) is 0 Å². The van der Waals surface area contributed by atoms with E-state index in [1.807, 2.05) is 0 Å². The lowest BCUT2D eigenvalue weighted by molar-refractivity contribution is 0.101. The summed E-state index contributed by atoms with van der Waals surface area (Å²) < 4.78 is 0. The van der Waals surface area contributed by atoms with E-state index in [4.69, 9.17) is 0 Å². The first-order valence-corrected chi connectivity index (χ1v) is 14.0. The van der Waals surface area contributed by atoms with Crippen LogP contribution in [0.2, 0.25) is 0 Å². The quantitative estimate of drug-likeness (QED) is 0.277. The highest BCUT2D eigenvalue weighted by Crippen LogP contribution is 2.53. The predicted octanol–water partition coefficient (Wildman–Crippen LogP) is 10.0. The summed E-state index contributed by atoms with van der Waals surface area (Å²) in [5.41, 5.74) is 2.97. The molecule has 1 nitrogen and oxygen atoms in total. The summed E-state index contributed by atoms with van der Waals surface area (Å²) in [4.78, 5) is 0. The van der Waals surface area contributed by atoms with E-state index in [1.54, 1.807) is 0 Å². The normalized spacial score (nSPS) is 27.2. The van der Waals surface area contributed by atoms with Crippen LogP contribution >= 0.6 is 0 Å². The monoisotopic (exact) mass is 445 g/mol. The number of unbranched alkanes of at least 4 members (excludes halogenated alkanes) is 7. The van der Waals surface area contributed by atoms with Crippen LogP contribution in [0.15, 0.2) is 48.6 Å². The van der Waals surface area contributed by atoms with Crippen molar-refractivity contribution in [2.24, 2.45) is 16.7 Å². The number of benzene rings is 1. The maximum absolute atomic E-state index is 10.1. The summed E-state index contributed by atoms with van der Waals surface area (Å²) in [6.45, 7) is 4.59. The molecule has 180 valence electrons. The van der Waals surface area contributed by atoms with Crippen molar-refractivity contribution in [3.63, 3.8) is 0 Å². The summed E-state index contributed by atoms with van der Waals surface area (Å²) in [5.74, 6) is 0.726. The van der Waals surface area contributed by atoms with Crippen LogP contribution in [-0.2, 0) is 0 Å². The smallest absolute Gasteiger partial charge is 0.0689 e. The van der Waals surface area contributed by atoms with Gasteiger partial charge in [-0.3, -0.25) is 0 Å². The molecule has 2 aliphatic rings. The molecule has 0 aliphatic heterocycles. The topological polar surface area (TPSA) is 23.8 Å². The van der Waals surface area contributed by atoms with Crippen LogP contribution in [0.5, 0.6) is 0 Å². The third-order valence-electron chi connectivity index (χ3n) is 8.65. The van der Waals surface area contributed by atoms with E-state index in [1.165, 1.54) is 88.2 Å². The summed E-state index contributed by atoms with van der Waals surface area (Å²) in [6, 6.07) is 13.6. The molecule has 0 spiro atoms. The van der Waals surface area contributed by atoms with E-state index in [9.17, 15) is 5.26 Å². The first kappa shape index (κ1) is 25.8. The number of nitrogens with zero attached hydrogens (tertiary/aromatic N) is 1. The zero-order valence-electron chi connectivity index (χ0n) is 21.5. The molecule has 0 N–H and O–H groups in total. The first-order valence-electron chi connectivity index (χ1n) is 14.0. The third kappa shape index (κ3) is 7.09. The number of rotatable bonds is 13. The molecule has 1 atom stereocenters. The second kappa shape index (κ2) is 13.2. The van der Waals surface area contributed by atoms with Gasteiger partial charge >= 0.3 is 0 Å². The summed E-state index contributed by atoms with van der Waals surface area (Å²) in [6.07, 6.45) is 27.7. The molecule has 1 aromatic rings. The predicted molar refractivity (Wildman–Crippen MR) is 143 cm³/mol. The van der Waals surface area contributed by atoms with Crippen molar-refractivity contribution in [3.05, 3.63) is 54.1 Å². The van der Waals surface area contributed by atoms with E-state index < -0.39 is 0 Å². The largest absolute Gasteiger partial charge is 0.198 e. The molecule has 1 unspecified atom stereocenters. The molecular formula is C32H47N. The fourth-order valence-electron chi connectivity index (χ4n) is 6.32. The maximum Gasteiger partial charge on any atom is 0.0689 e. The van der Waals surface area contributed by atoms with Crippen molar-refractivity contribution in [1.82, 2.24) is 0 Å². The molecule has 0 radical (unpaired) electrons. The van der Waals surface area contributed by atoms with Crippen LogP contribution in [0.3, 0.4) is 0 Å². The van der Waals surface area contributed by atoms with Crippen molar-refractivity contribution in [2.45, 2.75) is 117 Å². The minimum atomic E-state index is -0.0463. The summed E-state index contributed by atoms with van der Waals surface area (Å²) in [7, 11) is 0. The van der Waals surface area contributed by atoms with E-state index >= 15 is 0 Å². The van der Waals surface area contributed by atoms with Gasteiger partial charge in [0.05, 0.1) is 11.5 Å². The van der Waals surface area contributed by atoms with Gasteiger partial charge in [0.15, 0.2) is 0 Å². The van der Waals surface area contributed by atoms with E-state index in [2.05, 4.69) is 68.5 Å². The number of hydrogen-bond acceptors (Lipinski definition) is 1. The Kier molecular flexibility index (Phi) is 10.3. The molecule has 0 amide bonds. The molecule has 1 heteroatoms. The van der Waals surface area contributed by atoms with Gasteiger partial charge in [-0.2, -0.15) is 5.26 Å². The van der Waals surface area contributed by atoms with Crippen LogP contribution in [0.4, 0.5) is 0 Å². The Hall–Kier alpha value is -1.81. The maximum atomic E-state index is 10.1. The highest BCUT2D eigenvalue weighted by molar-refractivity contribution is 5.75. The second-order valence-electron chi connectivity index (χ2n) is 10.9. The number of nitriles is 1. The van der Waals surface area contributed by atoms with Gasteiger partial charge in [0.2, 0.25) is 0 Å². The van der Waals surface area contributed by atoms with E-state index in [-0.39, 0.29) is 5.41 Å². The Morgan fingerprint density at radius 3 is 2.12 bits per heavy atom. The molecule has 3 rings (SSSR count). The fourth-order valence-corrected chi connectivity index (χ4v) is 6.32. The van der Waals surface area contributed by atoms with Crippen molar-refractivity contribution >= 4 is 5.57 Å². The van der Waals surface area contributed by atoms with Gasteiger partial charge in [-0.05, 0) is 67.4 Å². The summed E-state index contributed by atoms with van der Waals surface area (Å²) in [5, 5.41) is 10.1.